The van der Waals surface area contributed by atoms with E-state index in [1.807, 2.05) is 5.92 Å². The van der Waals surface area contributed by atoms with Crippen LogP contribution in [0.15, 0.2) is 24.3 Å². The van der Waals surface area contributed by atoms with E-state index in [2.05, 4.69) is 5.92 Å². The second-order valence-electron chi connectivity index (χ2n) is 4.15. The topological polar surface area (TPSA) is 9.23 Å². The third-order valence-electron chi connectivity index (χ3n) is 2.71. The lowest BCUT2D eigenvalue weighted by Crippen LogP contribution is -2.04. The van der Waals surface area contributed by atoms with Crippen molar-refractivity contribution in [1.82, 2.24) is 0 Å². The van der Waals surface area contributed by atoms with Gasteiger partial charge in [-0.1, -0.05) is 11.8 Å². The lowest BCUT2D eigenvalue weighted by Gasteiger charge is -2.03. The molecule has 0 atom stereocenters. The lowest BCUT2D eigenvalue weighted by atomic mass is 10.1. The minimum absolute atomic E-state index is 0.340. The molecule has 1 nitrogen and oxygen atoms in total. The van der Waals surface area contributed by atoms with Gasteiger partial charge in [0.05, 0.1) is 6.61 Å². The molecular formula is C16H9F5O. The molecule has 0 aromatic heterocycles. The maximum atomic E-state index is 13.4. The predicted molar refractivity (Wildman–Crippen MR) is 69.8 cm³/mol. The van der Waals surface area contributed by atoms with E-state index in [0.29, 0.717) is 17.9 Å². The summed E-state index contributed by atoms with van der Waals surface area (Å²) in [6.45, 7) is 2.27. The number of halogens is 5. The van der Waals surface area contributed by atoms with Crippen molar-refractivity contribution >= 4 is 0 Å². The Morgan fingerprint density at radius 1 is 0.773 bits per heavy atom. The van der Waals surface area contributed by atoms with Crippen LogP contribution in [0.2, 0.25) is 0 Å². The van der Waals surface area contributed by atoms with Crippen molar-refractivity contribution in [1.29, 1.82) is 0 Å². The number of hydrogen-bond donors (Lipinski definition) is 0. The minimum atomic E-state index is -2.21. The van der Waals surface area contributed by atoms with Gasteiger partial charge in [0.25, 0.3) is 0 Å². The second kappa shape index (κ2) is 6.48. The summed E-state index contributed by atoms with van der Waals surface area (Å²) in [7, 11) is 0. The summed E-state index contributed by atoms with van der Waals surface area (Å²) in [4.78, 5) is 0. The van der Waals surface area contributed by atoms with Gasteiger partial charge in [-0.15, -0.1) is 0 Å². The highest BCUT2D eigenvalue weighted by atomic mass is 19.2. The van der Waals surface area contributed by atoms with Crippen molar-refractivity contribution < 1.29 is 26.7 Å². The van der Waals surface area contributed by atoms with Crippen LogP contribution >= 0.6 is 0 Å². The van der Waals surface area contributed by atoms with Gasteiger partial charge >= 0.3 is 0 Å². The molecule has 0 fully saturated rings. The Balaban J connectivity index is 2.40. The first-order valence-corrected chi connectivity index (χ1v) is 6.22. The molecule has 0 bridgehead atoms. The average molecular weight is 312 g/mol. The van der Waals surface area contributed by atoms with Crippen LogP contribution in [0.5, 0.6) is 5.75 Å². The van der Waals surface area contributed by atoms with E-state index < -0.39 is 34.6 Å². The summed E-state index contributed by atoms with van der Waals surface area (Å²) in [5.41, 5.74) is -0.822. The summed E-state index contributed by atoms with van der Waals surface area (Å²) >= 11 is 0. The average Bonchev–Trinajstić information content (AvgIpc) is 2.53. The van der Waals surface area contributed by atoms with Crippen LogP contribution in [0.1, 0.15) is 18.1 Å². The van der Waals surface area contributed by atoms with Gasteiger partial charge in [-0.2, -0.15) is 0 Å². The molecule has 0 radical (unpaired) electrons. The summed E-state index contributed by atoms with van der Waals surface area (Å²) < 4.78 is 71.0. The summed E-state index contributed by atoms with van der Waals surface area (Å²) in [6.07, 6.45) is 0. The number of rotatable bonds is 2. The van der Waals surface area contributed by atoms with Gasteiger partial charge in [-0.25, -0.2) is 22.0 Å². The van der Waals surface area contributed by atoms with Gasteiger partial charge < -0.3 is 4.74 Å². The van der Waals surface area contributed by atoms with Crippen LogP contribution in [0.25, 0.3) is 0 Å². The molecule has 0 amide bonds. The molecule has 2 aromatic carbocycles. The molecule has 0 aliphatic rings. The molecule has 0 saturated carbocycles. The highest BCUT2D eigenvalue weighted by Gasteiger charge is 2.24. The molecule has 6 heteroatoms. The largest absolute Gasteiger partial charge is 0.494 e. The Morgan fingerprint density at radius 3 is 1.77 bits per heavy atom. The van der Waals surface area contributed by atoms with Crippen molar-refractivity contribution in [2.24, 2.45) is 0 Å². The Labute approximate surface area is 123 Å². The van der Waals surface area contributed by atoms with Crippen LogP contribution in [-0.4, -0.2) is 6.61 Å². The van der Waals surface area contributed by atoms with Gasteiger partial charge in [0.1, 0.15) is 11.3 Å². The quantitative estimate of drug-likeness (QED) is 0.350. The van der Waals surface area contributed by atoms with Gasteiger partial charge in [0.2, 0.25) is 5.82 Å². The normalized spacial score (nSPS) is 10.1. The van der Waals surface area contributed by atoms with Crippen LogP contribution in [0.4, 0.5) is 22.0 Å². The fraction of sp³-hybridized carbons (Fsp3) is 0.125. The number of benzene rings is 2. The maximum Gasteiger partial charge on any atom is 0.200 e. The molecule has 2 rings (SSSR count). The third kappa shape index (κ3) is 3.03. The Morgan fingerprint density at radius 2 is 1.27 bits per heavy atom. The maximum absolute atomic E-state index is 13.4. The Bertz CT molecular complexity index is 728. The van der Waals surface area contributed by atoms with E-state index in [0.717, 1.165) is 0 Å². The SMILES string of the molecule is CCOc1ccc(C#Cc2c(F)c(F)c(F)c(F)c2F)cc1. The van der Waals surface area contributed by atoms with E-state index in [-0.39, 0.29) is 0 Å². The van der Waals surface area contributed by atoms with E-state index in [4.69, 9.17) is 4.74 Å². The molecule has 0 aliphatic heterocycles. The molecule has 0 heterocycles. The molecule has 0 unspecified atom stereocenters. The van der Waals surface area contributed by atoms with E-state index in [1.54, 1.807) is 19.1 Å². The van der Waals surface area contributed by atoms with Gasteiger partial charge in [0, 0.05) is 5.56 Å². The molecule has 0 N–H and O–H groups in total. The van der Waals surface area contributed by atoms with Crippen molar-refractivity contribution in [2.45, 2.75) is 6.92 Å². The molecule has 22 heavy (non-hydrogen) atoms. The first-order valence-electron chi connectivity index (χ1n) is 6.22. The molecule has 2 aromatic rings. The van der Waals surface area contributed by atoms with Gasteiger partial charge in [0.15, 0.2) is 23.3 Å². The fourth-order valence-corrected chi connectivity index (χ4v) is 1.65. The smallest absolute Gasteiger partial charge is 0.200 e. The highest BCUT2D eigenvalue weighted by molar-refractivity contribution is 5.46. The first kappa shape index (κ1) is 15.8. The zero-order valence-electron chi connectivity index (χ0n) is 11.3. The van der Waals surface area contributed by atoms with Crippen LogP contribution < -0.4 is 4.74 Å². The molecule has 0 saturated heterocycles. The zero-order chi connectivity index (χ0) is 16.3. The van der Waals surface area contributed by atoms with Crippen LogP contribution in [0, 0.1) is 40.9 Å². The first-order chi connectivity index (χ1) is 10.5. The Hall–Kier alpha value is -2.55. The molecule has 0 spiro atoms. The standard InChI is InChI=1S/C16H9F5O/c1-2-22-10-6-3-9(4-7-10)5-8-11-12(17)14(19)16(21)15(20)13(11)18/h3-4,6-7H,2H2,1H3. The molecular weight excluding hydrogens is 303 g/mol. The van der Waals surface area contributed by atoms with Gasteiger partial charge in [-0.05, 0) is 31.2 Å². The molecule has 114 valence electrons. The van der Waals surface area contributed by atoms with Crippen LogP contribution in [0.3, 0.4) is 0 Å². The van der Waals surface area contributed by atoms with E-state index >= 15 is 0 Å². The zero-order valence-corrected chi connectivity index (χ0v) is 11.3. The Kier molecular flexibility index (Phi) is 4.66. The van der Waals surface area contributed by atoms with Crippen molar-refractivity contribution in [3.63, 3.8) is 0 Å². The van der Waals surface area contributed by atoms with Crippen LogP contribution in [-0.2, 0) is 0 Å². The van der Waals surface area contributed by atoms with Crippen molar-refractivity contribution in [3.05, 3.63) is 64.5 Å². The second-order valence-corrected chi connectivity index (χ2v) is 4.15. The molecule has 0 aliphatic carbocycles. The third-order valence-corrected chi connectivity index (χ3v) is 2.71. The van der Waals surface area contributed by atoms with Crippen molar-refractivity contribution in [2.75, 3.05) is 6.61 Å². The van der Waals surface area contributed by atoms with E-state index in [9.17, 15) is 22.0 Å². The minimum Gasteiger partial charge on any atom is -0.494 e. The van der Waals surface area contributed by atoms with Gasteiger partial charge in [-0.3, -0.25) is 0 Å². The van der Waals surface area contributed by atoms with Crippen molar-refractivity contribution in [3.8, 4) is 17.6 Å². The predicted octanol–water partition coefficient (Wildman–Crippen LogP) is 4.18. The fourth-order valence-electron chi connectivity index (χ4n) is 1.65. The lowest BCUT2D eigenvalue weighted by molar-refractivity contribution is 0.340. The summed E-state index contributed by atoms with van der Waals surface area (Å²) in [5.74, 6) is -5.25. The monoisotopic (exact) mass is 312 g/mol. The summed E-state index contributed by atoms with van der Waals surface area (Å²) in [6, 6.07) is 6.16. The number of ether oxygens (including phenoxy) is 1. The summed E-state index contributed by atoms with van der Waals surface area (Å²) in [5, 5.41) is 0. The van der Waals surface area contributed by atoms with E-state index in [1.165, 1.54) is 12.1 Å². The number of hydrogen-bond acceptors (Lipinski definition) is 1. The highest BCUT2D eigenvalue weighted by Crippen LogP contribution is 2.22.